The topological polar surface area (TPSA) is 48.4 Å². The van der Waals surface area contributed by atoms with Crippen molar-refractivity contribution < 1.29 is 14.3 Å². The molecule has 0 aliphatic carbocycles. The number of rotatable bonds is 6. The lowest BCUT2D eigenvalue weighted by Gasteiger charge is -2.05. The van der Waals surface area contributed by atoms with E-state index < -0.39 is 0 Å². The summed E-state index contributed by atoms with van der Waals surface area (Å²) in [5.74, 6) is 0.693. The molecule has 15 heavy (non-hydrogen) atoms. The molecular formula is C11H15NO3. The van der Waals surface area contributed by atoms with Gasteiger partial charge in [0.1, 0.15) is 18.1 Å². The number of methoxy groups -OCH3 is 1. The lowest BCUT2D eigenvalue weighted by molar-refractivity contribution is 0.0983. The Hall–Kier alpha value is -1.42. The van der Waals surface area contributed by atoms with Crippen LogP contribution in [0.15, 0.2) is 18.3 Å². The average molecular weight is 209 g/mol. The molecule has 0 saturated heterocycles. The number of carbonyl (C=O) groups excluding carboxylic acids is 1. The number of ketones is 1. The van der Waals surface area contributed by atoms with Gasteiger partial charge in [-0.3, -0.25) is 4.79 Å². The molecule has 0 unspecified atom stereocenters. The summed E-state index contributed by atoms with van der Waals surface area (Å²) in [5, 5.41) is 0. The van der Waals surface area contributed by atoms with Gasteiger partial charge in [-0.15, -0.1) is 0 Å². The molecule has 0 amide bonds. The van der Waals surface area contributed by atoms with Crippen LogP contribution in [0.4, 0.5) is 0 Å². The van der Waals surface area contributed by atoms with Crippen LogP contribution >= 0.6 is 0 Å². The molecule has 0 aliphatic rings. The van der Waals surface area contributed by atoms with Crippen molar-refractivity contribution in [3.8, 4) is 5.75 Å². The Morgan fingerprint density at radius 2 is 2.20 bits per heavy atom. The first-order valence-corrected chi connectivity index (χ1v) is 4.89. The highest BCUT2D eigenvalue weighted by molar-refractivity contribution is 5.93. The largest absolute Gasteiger partial charge is 0.490 e. The Morgan fingerprint density at radius 3 is 2.73 bits per heavy atom. The third-order valence-electron chi connectivity index (χ3n) is 1.90. The maximum atomic E-state index is 11.3. The zero-order valence-corrected chi connectivity index (χ0v) is 9.03. The molecule has 4 heteroatoms. The predicted molar refractivity (Wildman–Crippen MR) is 56.2 cm³/mol. The highest BCUT2D eigenvalue weighted by Gasteiger charge is 2.04. The van der Waals surface area contributed by atoms with E-state index in [1.807, 2.05) is 6.92 Å². The summed E-state index contributed by atoms with van der Waals surface area (Å²) in [5.41, 5.74) is 0.483. The van der Waals surface area contributed by atoms with Gasteiger partial charge in [-0.2, -0.15) is 0 Å². The smallest absolute Gasteiger partial charge is 0.180 e. The van der Waals surface area contributed by atoms with E-state index in [1.165, 1.54) is 0 Å². The van der Waals surface area contributed by atoms with E-state index in [-0.39, 0.29) is 5.78 Å². The van der Waals surface area contributed by atoms with E-state index in [2.05, 4.69) is 4.98 Å². The van der Waals surface area contributed by atoms with Crippen LogP contribution in [0.1, 0.15) is 23.8 Å². The van der Waals surface area contributed by atoms with Crippen LogP contribution in [0.2, 0.25) is 0 Å². The minimum absolute atomic E-state index is 0.0402. The van der Waals surface area contributed by atoms with E-state index in [0.717, 1.165) is 0 Å². The minimum atomic E-state index is 0.0402. The quantitative estimate of drug-likeness (QED) is 0.528. The number of ether oxygens (including phenoxy) is 2. The Kier molecular flexibility index (Phi) is 4.77. The zero-order valence-electron chi connectivity index (χ0n) is 9.03. The molecule has 1 heterocycles. The molecule has 1 aromatic heterocycles. The first kappa shape index (κ1) is 11.7. The number of carbonyl (C=O) groups is 1. The van der Waals surface area contributed by atoms with Crippen molar-refractivity contribution in [2.45, 2.75) is 13.3 Å². The number of nitrogens with zero attached hydrogens (tertiary/aromatic N) is 1. The summed E-state index contributed by atoms with van der Waals surface area (Å²) in [6.45, 7) is 2.84. The summed E-state index contributed by atoms with van der Waals surface area (Å²) < 4.78 is 10.2. The Balaban J connectivity index is 2.52. The van der Waals surface area contributed by atoms with Crippen LogP contribution in [0.25, 0.3) is 0 Å². The van der Waals surface area contributed by atoms with Crippen molar-refractivity contribution in [1.29, 1.82) is 0 Å². The van der Waals surface area contributed by atoms with Crippen LogP contribution in [0, 0.1) is 0 Å². The van der Waals surface area contributed by atoms with Crippen molar-refractivity contribution in [2.24, 2.45) is 0 Å². The maximum absolute atomic E-state index is 11.3. The lowest BCUT2D eigenvalue weighted by Crippen LogP contribution is -2.05. The van der Waals surface area contributed by atoms with Gasteiger partial charge in [0.25, 0.3) is 0 Å². The molecule has 0 aliphatic heterocycles. The fourth-order valence-electron chi connectivity index (χ4n) is 1.05. The second kappa shape index (κ2) is 6.14. The van der Waals surface area contributed by atoms with E-state index in [1.54, 1.807) is 25.4 Å². The van der Waals surface area contributed by atoms with Crippen LogP contribution < -0.4 is 4.74 Å². The fraction of sp³-hybridized carbons (Fsp3) is 0.455. The molecule has 0 fully saturated rings. The molecule has 0 N–H and O–H groups in total. The minimum Gasteiger partial charge on any atom is -0.490 e. The fourth-order valence-corrected chi connectivity index (χ4v) is 1.05. The van der Waals surface area contributed by atoms with Crippen molar-refractivity contribution in [1.82, 2.24) is 4.98 Å². The van der Waals surface area contributed by atoms with Gasteiger partial charge < -0.3 is 9.47 Å². The van der Waals surface area contributed by atoms with Gasteiger partial charge in [0, 0.05) is 13.5 Å². The molecule has 0 aromatic carbocycles. The summed E-state index contributed by atoms with van der Waals surface area (Å²) in [4.78, 5) is 15.3. The van der Waals surface area contributed by atoms with Crippen molar-refractivity contribution in [2.75, 3.05) is 20.3 Å². The number of hydrogen-bond acceptors (Lipinski definition) is 4. The molecule has 82 valence electrons. The lowest BCUT2D eigenvalue weighted by atomic mass is 10.2. The molecule has 0 atom stereocenters. The van der Waals surface area contributed by atoms with Crippen LogP contribution in [0.5, 0.6) is 5.75 Å². The third kappa shape index (κ3) is 3.67. The number of pyridine rings is 1. The molecular weight excluding hydrogens is 194 g/mol. The zero-order chi connectivity index (χ0) is 11.1. The summed E-state index contributed by atoms with van der Waals surface area (Å²) in [6.07, 6.45) is 2.02. The van der Waals surface area contributed by atoms with Crippen molar-refractivity contribution in [3.05, 3.63) is 24.0 Å². The van der Waals surface area contributed by atoms with Crippen LogP contribution in [-0.4, -0.2) is 31.1 Å². The Labute approximate surface area is 89.2 Å². The van der Waals surface area contributed by atoms with E-state index in [9.17, 15) is 4.79 Å². The SMILES string of the molecule is CCC(=O)c1ccc(OCCOC)cn1. The normalized spacial score (nSPS) is 10.0. The van der Waals surface area contributed by atoms with Crippen molar-refractivity contribution >= 4 is 5.78 Å². The third-order valence-corrected chi connectivity index (χ3v) is 1.90. The molecule has 1 aromatic rings. The Bertz CT molecular complexity index is 308. The Morgan fingerprint density at radius 1 is 1.40 bits per heavy atom. The number of aromatic nitrogens is 1. The number of Topliss-reactive ketones (excluding diaryl/α,β-unsaturated/α-hetero) is 1. The predicted octanol–water partition coefficient (Wildman–Crippen LogP) is 1.70. The standard InChI is InChI=1S/C11H15NO3/c1-3-11(13)10-5-4-9(8-12-10)15-7-6-14-2/h4-5,8H,3,6-7H2,1-2H3. The van der Waals surface area contributed by atoms with Gasteiger partial charge in [-0.25, -0.2) is 4.98 Å². The molecule has 0 bridgehead atoms. The summed E-state index contributed by atoms with van der Waals surface area (Å²) >= 11 is 0. The van der Waals surface area contributed by atoms with Gasteiger partial charge in [0.05, 0.1) is 12.8 Å². The maximum Gasteiger partial charge on any atom is 0.180 e. The molecule has 0 saturated carbocycles. The van der Waals surface area contributed by atoms with E-state index in [0.29, 0.717) is 31.1 Å². The van der Waals surface area contributed by atoms with Crippen LogP contribution in [0.3, 0.4) is 0 Å². The van der Waals surface area contributed by atoms with E-state index >= 15 is 0 Å². The van der Waals surface area contributed by atoms with Gasteiger partial charge in [0.15, 0.2) is 5.78 Å². The summed E-state index contributed by atoms with van der Waals surface area (Å²) in [6, 6.07) is 3.42. The first-order chi connectivity index (χ1) is 7.27. The average Bonchev–Trinajstić information content (AvgIpc) is 2.29. The van der Waals surface area contributed by atoms with Gasteiger partial charge in [0.2, 0.25) is 0 Å². The molecule has 0 radical (unpaired) electrons. The van der Waals surface area contributed by atoms with E-state index in [4.69, 9.17) is 9.47 Å². The first-order valence-electron chi connectivity index (χ1n) is 4.89. The monoisotopic (exact) mass is 209 g/mol. The second-order valence-electron chi connectivity index (χ2n) is 3.00. The highest BCUT2D eigenvalue weighted by atomic mass is 16.5. The second-order valence-corrected chi connectivity index (χ2v) is 3.00. The molecule has 0 spiro atoms. The van der Waals surface area contributed by atoms with Gasteiger partial charge in [-0.1, -0.05) is 6.92 Å². The highest BCUT2D eigenvalue weighted by Crippen LogP contribution is 2.09. The van der Waals surface area contributed by atoms with Crippen molar-refractivity contribution in [3.63, 3.8) is 0 Å². The molecule has 1 rings (SSSR count). The molecule has 4 nitrogen and oxygen atoms in total. The summed E-state index contributed by atoms with van der Waals surface area (Å²) in [7, 11) is 1.62. The number of hydrogen-bond donors (Lipinski definition) is 0. The van der Waals surface area contributed by atoms with Gasteiger partial charge in [-0.05, 0) is 12.1 Å². The van der Waals surface area contributed by atoms with Gasteiger partial charge >= 0.3 is 0 Å². The van der Waals surface area contributed by atoms with Crippen LogP contribution in [-0.2, 0) is 4.74 Å².